The molecule has 0 radical (unpaired) electrons. The van der Waals surface area contributed by atoms with Crippen LogP contribution < -0.4 is 0 Å². The average Bonchev–Trinajstić information content (AvgIpc) is 2.88. The molecule has 0 aromatic rings. The number of hydrogen-bond donors (Lipinski definition) is 0. The van der Waals surface area contributed by atoms with Crippen LogP contribution in [0, 0.1) is 5.92 Å². The summed E-state index contributed by atoms with van der Waals surface area (Å²) in [6.45, 7) is 1.20. The number of hydrogen-bond acceptors (Lipinski definition) is 2. The molecule has 0 aromatic carbocycles. The van der Waals surface area contributed by atoms with Gasteiger partial charge < -0.3 is 9.64 Å². The summed E-state index contributed by atoms with van der Waals surface area (Å²) < 4.78 is 4.94. The highest BCUT2D eigenvalue weighted by Gasteiger charge is 2.35. The number of carbonyl (C=O) groups excluding carboxylic acids is 1. The van der Waals surface area contributed by atoms with E-state index in [2.05, 4.69) is 4.90 Å². The van der Waals surface area contributed by atoms with E-state index in [1.807, 2.05) is 0 Å². The fourth-order valence-corrected chi connectivity index (χ4v) is 3.14. The summed E-state index contributed by atoms with van der Waals surface area (Å²) in [5.41, 5.74) is 0. The Bertz CT molecular complexity index is 224. The molecule has 1 aliphatic carbocycles. The van der Waals surface area contributed by atoms with E-state index < -0.39 is 0 Å². The normalized spacial score (nSPS) is 27.5. The molecule has 1 amide bonds. The van der Waals surface area contributed by atoms with Crippen LogP contribution in [0.15, 0.2) is 0 Å². The molecule has 1 atom stereocenters. The third kappa shape index (κ3) is 2.33. The average molecular weight is 211 g/mol. The van der Waals surface area contributed by atoms with Crippen molar-refractivity contribution in [2.45, 2.75) is 44.6 Å². The van der Waals surface area contributed by atoms with Crippen LogP contribution in [-0.2, 0) is 9.53 Å². The predicted molar refractivity (Wildman–Crippen MR) is 58.6 cm³/mol. The van der Waals surface area contributed by atoms with Gasteiger partial charge in [0, 0.05) is 19.7 Å². The zero-order chi connectivity index (χ0) is 10.7. The number of carbonyl (C=O) groups is 1. The zero-order valence-electron chi connectivity index (χ0n) is 9.58. The van der Waals surface area contributed by atoms with Gasteiger partial charge in [0.1, 0.15) is 6.61 Å². The Kier molecular flexibility index (Phi) is 3.62. The second-order valence-corrected chi connectivity index (χ2v) is 4.77. The first kappa shape index (κ1) is 10.9. The summed E-state index contributed by atoms with van der Waals surface area (Å²) in [6, 6.07) is 0.523. The Balaban J connectivity index is 1.94. The van der Waals surface area contributed by atoms with Crippen LogP contribution >= 0.6 is 0 Å². The summed E-state index contributed by atoms with van der Waals surface area (Å²) in [5, 5.41) is 0. The van der Waals surface area contributed by atoms with E-state index in [0.29, 0.717) is 6.04 Å². The van der Waals surface area contributed by atoms with E-state index in [0.717, 1.165) is 12.5 Å². The number of nitrogens with zero attached hydrogens (tertiary/aromatic N) is 1. The molecule has 1 aliphatic heterocycles. The van der Waals surface area contributed by atoms with Gasteiger partial charge in [-0.05, 0) is 31.6 Å². The van der Waals surface area contributed by atoms with E-state index in [-0.39, 0.29) is 12.5 Å². The standard InChI is InChI=1S/C12H21NO2/c1-15-9-12(14)13-8-4-7-11(13)10-5-2-3-6-10/h10-11H,2-9H2,1H3. The van der Waals surface area contributed by atoms with Gasteiger partial charge in [-0.15, -0.1) is 0 Å². The molecule has 3 heteroatoms. The van der Waals surface area contributed by atoms with Crippen LogP contribution in [-0.4, -0.2) is 37.1 Å². The highest BCUT2D eigenvalue weighted by molar-refractivity contribution is 5.78. The van der Waals surface area contributed by atoms with Crippen molar-refractivity contribution >= 4 is 5.91 Å². The van der Waals surface area contributed by atoms with Gasteiger partial charge in [0.25, 0.3) is 0 Å². The molecule has 3 nitrogen and oxygen atoms in total. The summed E-state index contributed by atoms with van der Waals surface area (Å²) in [5.74, 6) is 0.959. The van der Waals surface area contributed by atoms with Crippen molar-refractivity contribution in [1.29, 1.82) is 0 Å². The highest BCUT2D eigenvalue weighted by Crippen LogP contribution is 2.35. The monoisotopic (exact) mass is 211 g/mol. The number of methoxy groups -OCH3 is 1. The SMILES string of the molecule is COCC(=O)N1CCCC1C1CCCC1. The van der Waals surface area contributed by atoms with Gasteiger partial charge in [-0.1, -0.05) is 12.8 Å². The van der Waals surface area contributed by atoms with Crippen molar-refractivity contribution in [3.05, 3.63) is 0 Å². The fourth-order valence-electron chi connectivity index (χ4n) is 3.14. The predicted octanol–water partition coefficient (Wildman–Crippen LogP) is 1.81. The molecule has 2 aliphatic rings. The van der Waals surface area contributed by atoms with Gasteiger partial charge >= 0.3 is 0 Å². The lowest BCUT2D eigenvalue weighted by Crippen LogP contribution is -2.41. The number of rotatable bonds is 3. The first-order chi connectivity index (χ1) is 7.33. The van der Waals surface area contributed by atoms with Crippen molar-refractivity contribution in [2.24, 2.45) is 5.92 Å². The first-order valence-corrected chi connectivity index (χ1v) is 6.11. The Morgan fingerprint density at radius 1 is 1.27 bits per heavy atom. The first-order valence-electron chi connectivity index (χ1n) is 6.11. The molecular weight excluding hydrogens is 190 g/mol. The second kappa shape index (κ2) is 4.97. The summed E-state index contributed by atoms with van der Waals surface area (Å²) >= 11 is 0. The quantitative estimate of drug-likeness (QED) is 0.712. The third-order valence-electron chi connectivity index (χ3n) is 3.83. The van der Waals surface area contributed by atoms with E-state index in [1.165, 1.54) is 38.5 Å². The molecule has 0 bridgehead atoms. The molecule has 15 heavy (non-hydrogen) atoms. The minimum atomic E-state index is 0.187. The van der Waals surface area contributed by atoms with Gasteiger partial charge in [0.2, 0.25) is 5.91 Å². The molecule has 2 fully saturated rings. The van der Waals surface area contributed by atoms with Gasteiger partial charge in [-0.3, -0.25) is 4.79 Å². The molecular formula is C12H21NO2. The Hall–Kier alpha value is -0.570. The molecule has 1 heterocycles. The summed E-state index contributed by atoms with van der Waals surface area (Å²) in [7, 11) is 1.60. The van der Waals surface area contributed by atoms with Gasteiger partial charge in [-0.25, -0.2) is 0 Å². The molecule has 0 aromatic heterocycles. The highest BCUT2D eigenvalue weighted by atomic mass is 16.5. The molecule has 2 rings (SSSR count). The van der Waals surface area contributed by atoms with E-state index >= 15 is 0 Å². The Morgan fingerprint density at radius 3 is 2.67 bits per heavy atom. The molecule has 0 spiro atoms. The lowest BCUT2D eigenvalue weighted by Gasteiger charge is -2.29. The molecule has 1 saturated carbocycles. The fraction of sp³-hybridized carbons (Fsp3) is 0.917. The lowest BCUT2D eigenvalue weighted by molar-refractivity contribution is -0.136. The summed E-state index contributed by atoms with van der Waals surface area (Å²) in [6.07, 6.45) is 7.74. The van der Waals surface area contributed by atoms with Crippen LogP contribution in [0.3, 0.4) is 0 Å². The maximum atomic E-state index is 11.8. The topological polar surface area (TPSA) is 29.5 Å². The van der Waals surface area contributed by atoms with Crippen LogP contribution in [0.4, 0.5) is 0 Å². The van der Waals surface area contributed by atoms with Crippen LogP contribution in [0.1, 0.15) is 38.5 Å². The maximum Gasteiger partial charge on any atom is 0.248 e. The third-order valence-corrected chi connectivity index (χ3v) is 3.83. The molecule has 0 N–H and O–H groups in total. The molecule has 1 saturated heterocycles. The molecule has 1 unspecified atom stereocenters. The van der Waals surface area contributed by atoms with Crippen molar-refractivity contribution in [2.75, 3.05) is 20.3 Å². The smallest absolute Gasteiger partial charge is 0.248 e. The summed E-state index contributed by atoms with van der Waals surface area (Å²) in [4.78, 5) is 13.9. The zero-order valence-corrected chi connectivity index (χ0v) is 9.58. The van der Waals surface area contributed by atoms with Crippen molar-refractivity contribution in [3.63, 3.8) is 0 Å². The van der Waals surface area contributed by atoms with E-state index in [1.54, 1.807) is 7.11 Å². The minimum absolute atomic E-state index is 0.187. The maximum absolute atomic E-state index is 11.8. The van der Waals surface area contributed by atoms with Gasteiger partial charge in [0.05, 0.1) is 0 Å². The van der Waals surface area contributed by atoms with Crippen molar-refractivity contribution in [1.82, 2.24) is 4.90 Å². The van der Waals surface area contributed by atoms with E-state index in [4.69, 9.17) is 4.74 Å². The van der Waals surface area contributed by atoms with Crippen molar-refractivity contribution < 1.29 is 9.53 Å². The molecule has 86 valence electrons. The second-order valence-electron chi connectivity index (χ2n) is 4.77. The van der Waals surface area contributed by atoms with Crippen LogP contribution in [0.5, 0.6) is 0 Å². The number of amides is 1. The van der Waals surface area contributed by atoms with E-state index in [9.17, 15) is 4.79 Å². The minimum Gasteiger partial charge on any atom is -0.375 e. The van der Waals surface area contributed by atoms with Gasteiger partial charge in [0.15, 0.2) is 0 Å². The van der Waals surface area contributed by atoms with Crippen molar-refractivity contribution in [3.8, 4) is 0 Å². The Labute approximate surface area is 91.8 Å². The number of likely N-dealkylation sites (tertiary alicyclic amines) is 1. The lowest BCUT2D eigenvalue weighted by atomic mass is 9.96. The van der Waals surface area contributed by atoms with Crippen LogP contribution in [0.25, 0.3) is 0 Å². The van der Waals surface area contributed by atoms with Crippen LogP contribution in [0.2, 0.25) is 0 Å². The Morgan fingerprint density at radius 2 is 2.00 bits per heavy atom. The number of ether oxygens (including phenoxy) is 1. The van der Waals surface area contributed by atoms with Gasteiger partial charge in [-0.2, -0.15) is 0 Å². The largest absolute Gasteiger partial charge is 0.375 e.